The van der Waals surface area contributed by atoms with Crippen LogP contribution in [0.25, 0.3) is 5.70 Å². The van der Waals surface area contributed by atoms with E-state index in [1.54, 1.807) is 29.4 Å². The molecule has 0 unspecified atom stereocenters. The Hall–Kier alpha value is -3.87. The van der Waals surface area contributed by atoms with Gasteiger partial charge in [-0.1, -0.05) is 29.8 Å². The highest BCUT2D eigenvalue weighted by Crippen LogP contribution is 2.35. The number of nitrogens with zero attached hydrogens (tertiary/aromatic N) is 2. The number of hydrogen-bond donors (Lipinski definition) is 4. The third-order valence-corrected chi connectivity index (χ3v) is 4.51. The molecular weight excluding hydrogens is 354 g/mol. The number of aromatic hydroxyl groups is 1. The Morgan fingerprint density at radius 1 is 1.14 bits per heavy atom. The van der Waals surface area contributed by atoms with E-state index in [-0.39, 0.29) is 12.3 Å². The molecule has 5 N–H and O–H groups in total. The third-order valence-electron chi connectivity index (χ3n) is 4.51. The predicted molar refractivity (Wildman–Crippen MR) is 108 cm³/mol. The second-order valence-electron chi connectivity index (χ2n) is 6.68. The summed E-state index contributed by atoms with van der Waals surface area (Å²) in [5.41, 5.74) is 8.80. The molecule has 2 aromatic rings. The van der Waals surface area contributed by atoms with E-state index in [0.29, 0.717) is 5.56 Å². The maximum atomic E-state index is 11.3. The van der Waals surface area contributed by atoms with Crippen molar-refractivity contribution in [2.24, 2.45) is 5.73 Å². The summed E-state index contributed by atoms with van der Waals surface area (Å²) in [6, 6.07) is 15.2. The van der Waals surface area contributed by atoms with E-state index in [4.69, 9.17) is 5.73 Å². The molecule has 0 spiro atoms. The lowest BCUT2D eigenvalue weighted by atomic mass is 10.1. The van der Waals surface area contributed by atoms with Crippen molar-refractivity contribution in [1.29, 1.82) is 0 Å². The monoisotopic (exact) mass is 375 g/mol. The molecular formula is C21H21N5O2. The molecule has 2 aliphatic heterocycles. The molecule has 0 bridgehead atoms. The Morgan fingerprint density at radius 2 is 1.89 bits per heavy atom. The largest absolute Gasteiger partial charge is 0.507 e. The summed E-state index contributed by atoms with van der Waals surface area (Å²) in [7, 11) is 0. The van der Waals surface area contributed by atoms with Gasteiger partial charge in [0.25, 0.3) is 0 Å². The first-order valence-electron chi connectivity index (χ1n) is 8.88. The second-order valence-corrected chi connectivity index (χ2v) is 6.68. The van der Waals surface area contributed by atoms with Crippen molar-refractivity contribution in [3.05, 3.63) is 89.9 Å². The zero-order valence-corrected chi connectivity index (χ0v) is 15.4. The topological polar surface area (TPSA) is 93.9 Å². The van der Waals surface area contributed by atoms with Gasteiger partial charge in [-0.2, -0.15) is 0 Å². The van der Waals surface area contributed by atoms with Crippen LogP contribution < -0.4 is 16.4 Å². The SMILES string of the molecule is Cc1ccc(NC2=C(c3ccccc3O)NC3=CN(CC(N)=O)C=CN32)cc1. The highest BCUT2D eigenvalue weighted by Gasteiger charge is 2.30. The number of carbonyl (C=O) groups excluding carboxylic acids is 1. The lowest BCUT2D eigenvalue weighted by molar-refractivity contribution is -0.118. The molecule has 2 heterocycles. The maximum Gasteiger partial charge on any atom is 0.237 e. The van der Waals surface area contributed by atoms with Crippen LogP contribution in [0.4, 0.5) is 5.69 Å². The number of phenolic OH excluding ortho intramolecular Hbond substituents is 1. The smallest absolute Gasteiger partial charge is 0.237 e. The van der Waals surface area contributed by atoms with Gasteiger partial charge in [-0.3, -0.25) is 9.69 Å². The van der Waals surface area contributed by atoms with Crippen LogP contribution in [0.15, 0.2) is 78.8 Å². The zero-order valence-electron chi connectivity index (χ0n) is 15.4. The first kappa shape index (κ1) is 17.5. The number of para-hydroxylation sites is 1. The van der Waals surface area contributed by atoms with Gasteiger partial charge in [-0.25, -0.2) is 0 Å². The second kappa shape index (κ2) is 7.03. The van der Waals surface area contributed by atoms with Crippen molar-refractivity contribution in [1.82, 2.24) is 15.1 Å². The molecule has 0 radical (unpaired) electrons. The number of hydrogen-bond acceptors (Lipinski definition) is 6. The molecule has 142 valence electrons. The molecule has 0 atom stereocenters. The van der Waals surface area contributed by atoms with E-state index in [0.717, 1.165) is 23.0 Å². The van der Waals surface area contributed by atoms with Gasteiger partial charge < -0.3 is 26.4 Å². The van der Waals surface area contributed by atoms with Crippen LogP contribution in [0.1, 0.15) is 11.1 Å². The molecule has 4 rings (SSSR count). The minimum absolute atomic E-state index is 0.0855. The minimum Gasteiger partial charge on any atom is -0.507 e. The van der Waals surface area contributed by atoms with Crippen molar-refractivity contribution >= 4 is 17.3 Å². The Balaban J connectivity index is 1.73. The first-order valence-corrected chi connectivity index (χ1v) is 8.88. The number of rotatable bonds is 5. The van der Waals surface area contributed by atoms with Crippen LogP contribution in [0, 0.1) is 6.92 Å². The number of nitrogens with one attached hydrogen (secondary N) is 2. The summed E-state index contributed by atoms with van der Waals surface area (Å²) in [6.07, 6.45) is 5.42. The molecule has 0 saturated heterocycles. The van der Waals surface area contributed by atoms with Crippen LogP contribution >= 0.6 is 0 Å². The highest BCUT2D eigenvalue weighted by atomic mass is 16.3. The third kappa shape index (κ3) is 3.37. The number of benzene rings is 2. The molecule has 28 heavy (non-hydrogen) atoms. The summed E-state index contributed by atoms with van der Waals surface area (Å²) >= 11 is 0. The van der Waals surface area contributed by atoms with Crippen LogP contribution in [0.3, 0.4) is 0 Å². The van der Waals surface area contributed by atoms with Crippen LogP contribution in [0.2, 0.25) is 0 Å². The van der Waals surface area contributed by atoms with E-state index in [1.807, 2.05) is 54.4 Å². The fraction of sp³-hybridized carbons (Fsp3) is 0.0952. The highest BCUT2D eigenvalue weighted by molar-refractivity contribution is 5.78. The molecule has 0 aliphatic carbocycles. The number of primary amides is 1. The number of phenols is 1. The normalized spacial score (nSPS) is 15.2. The molecule has 0 aromatic heterocycles. The number of amides is 1. The maximum absolute atomic E-state index is 11.3. The summed E-state index contributed by atoms with van der Waals surface area (Å²) in [5.74, 6) is 1.27. The fourth-order valence-corrected chi connectivity index (χ4v) is 3.14. The van der Waals surface area contributed by atoms with E-state index in [2.05, 4.69) is 10.6 Å². The molecule has 0 fully saturated rings. The van der Waals surface area contributed by atoms with Gasteiger partial charge >= 0.3 is 0 Å². The Morgan fingerprint density at radius 3 is 2.61 bits per heavy atom. The Kier molecular flexibility index (Phi) is 4.41. The standard InChI is InChI=1S/C21H21N5O2/c1-14-6-8-15(9-7-14)23-21-20(16-4-2-3-5-17(16)27)24-19-13-25(12-18(22)28)10-11-26(19)21/h2-11,13,23-24,27H,12H2,1H3,(H2,22,28). The molecule has 7 heteroatoms. The molecule has 2 aliphatic rings. The van der Waals surface area contributed by atoms with E-state index >= 15 is 0 Å². The molecule has 1 amide bonds. The average Bonchev–Trinajstić information content (AvgIpc) is 3.01. The van der Waals surface area contributed by atoms with Crippen molar-refractivity contribution in [3.8, 4) is 5.75 Å². The summed E-state index contributed by atoms with van der Waals surface area (Å²) in [5, 5.41) is 17.1. The van der Waals surface area contributed by atoms with Crippen LogP contribution in [0.5, 0.6) is 5.75 Å². The number of nitrogens with two attached hydrogens (primary N) is 1. The molecule has 2 aromatic carbocycles. The van der Waals surface area contributed by atoms with Crippen LogP contribution in [-0.2, 0) is 4.79 Å². The van der Waals surface area contributed by atoms with E-state index < -0.39 is 5.91 Å². The van der Waals surface area contributed by atoms with E-state index in [1.165, 1.54) is 5.56 Å². The van der Waals surface area contributed by atoms with Gasteiger partial charge in [0.15, 0.2) is 0 Å². The fourth-order valence-electron chi connectivity index (χ4n) is 3.14. The summed E-state index contributed by atoms with van der Waals surface area (Å²) in [4.78, 5) is 14.9. The average molecular weight is 375 g/mol. The minimum atomic E-state index is -0.417. The van der Waals surface area contributed by atoms with Gasteiger partial charge in [0.1, 0.15) is 23.9 Å². The van der Waals surface area contributed by atoms with Crippen LogP contribution in [-0.4, -0.2) is 27.4 Å². The number of fused-ring (bicyclic) bond motifs is 1. The summed E-state index contributed by atoms with van der Waals surface area (Å²) < 4.78 is 0. The van der Waals surface area contributed by atoms with E-state index in [9.17, 15) is 9.90 Å². The van der Waals surface area contributed by atoms with Gasteiger partial charge in [0.2, 0.25) is 5.91 Å². The Bertz CT molecular complexity index is 1010. The number of carbonyl (C=O) groups is 1. The number of anilines is 1. The van der Waals surface area contributed by atoms with Gasteiger partial charge in [-0.05, 0) is 31.2 Å². The van der Waals surface area contributed by atoms with Crippen molar-refractivity contribution in [2.45, 2.75) is 6.92 Å². The van der Waals surface area contributed by atoms with Crippen molar-refractivity contribution in [2.75, 3.05) is 11.9 Å². The Labute approximate surface area is 163 Å². The van der Waals surface area contributed by atoms with Gasteiger partial charge in [0, 0.05) is 29.9 Å². The molecule has 0 saturated carbocycles. The first-order chi connectivity index (χ1) is 13.5. The van der Waals surface area contributed by atoms with Gasteiger partial charge in [0.05, 0.1) is 5.70 Å². The number of aryl methyl sites for hydroxylation is 1. The van der Waals surface area contributed by atoms with Gasteiger partial charge in [-0.15, -0.1) is 0 Å². The lowest BCUT2D eigenvalue weighted by Crippen LogP contribution is -2.32. The lowest BCUT2D eigenvalue weighted by Gasteiger charge is -2.26. The van der Waals surface area contributed by atoms with Crippen molar-refractivity contribution < 1.29 is 9.90 Å². The summed E-state index contributed by atoms with van der Waals surface area (Å²) in [6.45, 7) is 2.12. The zero-order chi connectivity index (χ0) is 19.7. The predicted octanol–water partition coefficient (Wildman–Crippen LogP) is 2.42. The quantitative estimate of drug-likeness (QED) is 0.641. The molecule has 7 nitrogen and oxygen atoms in total. The van der Waals surface area contributed by atoms with Crippen molar-refractivity contribution in [3.63, 3.8) is 0 Å².